The van der Waals surface area contributed by atoms with Gasteiger partial charge in [0.05, 0.1) is 12.8 Å². The molecule has 0 aliphatic heterocycles. The molecule has 0 aliphatic rings. The smallest absolute Gasteiger partial charge is 1.00 e. The Kier molecular flexibility index (Phi) is 50.6. The molecule has 0 bridgehead atoms. The van der Waals surface area contributed by atoms with Crippen LogP contribution in [0.1, 0.15) is 130 Å². The van der Waals surface area contributed by atoms with E-state index in [1.807, 2.05) is 0 Å². The van der Waals surface area contributed by atoms with Crippen molar-refractivity contribution < 1.29 is 141 Å². The van der Waals surface area contributed by atoms with E-state index in [2.05, 4.69) is 6.92 Å². The summed E-state index contributed by atoms with van der Waals surface area (Å²) in [4.78, 5) is 40.8. The molecule has 0 atom stereocenters. The number of carbonyl (C=O) groups is 4. The van der Waals surface area contributed by atoms with Gasteiger partial charge in [-0.15, -0.1) is 0 Å². The van der Waals surface area contributed by atoms with E-state index in [-0.39, 0.29) is 134 Å². The number of rotatable bonds is 21. The molecule has 0 saturated heterocycles. The molecule has 0 unspecified atom stereocenters. The first-order chi connectivity index (χ1) is 15.5. The average Bonchev–Trinajstić information content (AvgIpc) is 2.70. The van der Waals surface area contributed by atoms with Crippen molar-refractivity contribution >= 4 is 61.6 Å². The standard InChI is InChI=1S/C18H36O2.C6H8O7.Ca.3Na.5H/c1-2-3-4-5-6-7-8-9-10-11-12-13-14-15-16-17-18(19)20;7-3(8)1-6(13,5(11)12)2-4(9)10;;;;;;;;;/h2-17H2,1H3,(H,19,20);13H,1-2H2,(H,7,8)(H,9,10)(H,11,12);;;;;;;;;/q;;+2;3*+1;5*-1. The Labute approximate surface area is 326 Å². The van der Waals surface area contributed by atoms with Gasteiger partial charge in [-0.25, -0.2) is 4.79 Å². The second-order valence-electron chi connectivity index (χ2n) is 8.57. The summed E-state index contributed by atoms with van der Waals surface area (Å²) in [5, 5.41) is 42.3. The van der Waals surface area contributed by atoms with Crippen molar-refractivity contribution in [2.75, 3.05) is 0 Å². The maximum atomic E-state index is 10.3. The molecule has 0 rings (SSSR count). The van der Waals surface area contributed by atoms with Gasteiger partial charge in [0, 0.05) is 6.42 Å². The van der Waals surface area contributed by atoms with E-state index in [1.165, 1.54) is 83.5 Å². The summed E-state index contributed by atoms with van der Waals surface area (Å²) < 4.78 is 0. The Morgan fingerprint density at radius 1 is 0.541 bits per heavy atom. The second-order valence-corrected chi connectivity index (χ2v) is 8.57. The zero-order valence-electron chi connectivity index (χ0n) is 28.8. The largest absolute Gasteiger partial charge is 2.00 e. The predicted molar refractivity (Wildman–Crippen MR) is 136 cm³/mol. The van der Waals surface area contributed by atoms with Crippen LogP contribution in [0, 0.1) is 0 Å². The van der Waals surface area contributed by atoms with E-state index < -0.39 is 42.3 Å². The van der Waals surface area contributed by atoms with Crippen LogP contribution in [0.4, 0.5) is 0 Å². The maximum absolute atomic E-state index is 10.3. The van der Waals surface area contributed by atoms with Crippen LogP contribution in [0.5, 0.6) is 0 Å². The molecule has 0 heterocycles. The number of carboxylic acid groups (broad SMARTS) is 4. The fourth-order valence-electron chi connectivity index (χ4n) is 3.36. The molecule has 0 aromatic rings. The number of aliphatic hydroxyl groups is 1. The van der Waals surface area contributed by atoms with E-state index in [4.69, 9.17) is 25.5 Å². The van der Waals surface area contributed by atoms with Crippen molar-refractivity contribution in [1.82, 2.24) is 0 Å². The summed E-state index contributed by atoms with van der Waals surface area (Å²) in [6.45, 7) is 2.27. The summed E-state index contributed by atoms with van der Waals surface area (Å²) in [6.07, 6.45) is 17.9. The van der Waals surface area contributed by atoms with Crippen molar-refractivity contribution in [3.05, 3.63) is 0 Å². The normalized spacial score (nSPS) is 9.68. The van der Waals surface area contributed by atoms with Gasteiger partial charge in [0.15, 0.2) is 5.60 Å². The van der Waals surface area contributed by atoms with E-state index in [0.29, 0.717) is 6.42 Å². The molecule has 0 saturated carbocycles. The molecule has 5 N–H and O–H groups in total. The molecule has 9 nitrogen and oxygen atoms in total. The Balaban J connectivity index is -0.0000000440. The number of hydrogen-bond acceptors (Lipinski definition) is 5. The Morgan fingerprint density at radius 3 is 1.03 bits per heavy atom. The summed E-state index contributed by atoms with van der Waals surface area (Å²) in [7, 11) is 0. The van der Waals surface area contributed by atoms with Crippen LogP contribution in [0.3, 0.4) is 0 Å². The Bertz CT molecular complexity index is 574. The van der Waals surface area contributed by atoms with Crippen LogP contribution in [0.25, 0.3) is 0 Å². The van der Waals surface area contributed by atoms with E-state index >= 15 is 0 Å². The topological polar surface area (TPSA) is 169 Å². The van der Waals surface area contributed by atoms with Crippen LogP contribution in [-0.2, 0) is 19.2 Å². The van der Waals surface area contributed by atoms with Gasteiger partial charge < -0.3 is 32.7 Å². The first kappa shape index (κ1) is 51.8. The molecule has 0 aromatic carbocycles. The van der Waals surface area contributed by atoms with Crippen LogP contribution >= 0.6 is 0 Å². The SMILES string of the molecule is CCCCCCCCCCCCCCCCCC(=O)O.O=C(O)CC(O)(CC(=O)O)C(=O)O.[Ca+2].[H-].[H-].[H-].[H-].[H-].[Na+].[Na+].[Na+]. The summed E-state index contributed by atoms with van der Waals surface area (Å²) in [5.41, 5.74) is -2.74. The van der Waals surface area contributed by atoms with Crippen LogP contribution in [0.2, 0.25) is 0 Å². The van der Waals surface area contributed by atoms with Gasteiger partial charge in [-0.1, -0.05) is 96.8 Å². The number of aliphatic carboxylic acids is 4. The zero-order chi connectivity index (χ0) is 25.5. The monoisotopic (exact) mass is 590 g/mol. The first-order valence-corrected chi connectivity index (χ1v) is 12.2. The van der Waals surface area contributed by atoms with Crippen molar-refractivity contribution in [3.8, 4) is 0 Å². The number of carboxylic acids is 4. The van der Waals surface area contributed by atoms with Crippen molar-refractivity contribution in [2.24, 2.45) is 0 Å². The van der Waals surface area contributed by atoms with Crippen molar-refractivity contribution in [2.45, 2.75) is 128 Å². The van der Waals surface area contributed by atoms with Gasteiger partial charge in [0.2, 0.25) is 0 Å². The average molecular weight is 591 g/mol. The quantitative estimate of drug-likeness (QED) is 0.0667. The maximum Gasteiger partial charge on any atom is 2.00 e. The predicted octanol–water partition coefficient (Wildman–Crippen LogP) is -3.72. The third-order valence-corrected chi connectivity index (χ3v) is 5.28. The minimum Gasteiger partial charge on any atom is -1.00 e. The molecule has 0 aromatic heterocycles. The van der Waals surface area contributed by atoms with Gasteiger partial charge in [-0.05, 0) is 6.42 Å². The fourth-order valence-corrected chi connectivity index (χ4v) is 3.36. The minimum absolute atomic E-state index is 0. The zero-order valence-corrected chi connectivity index (χ0v) is 32.0. The third-order valence-electron chi connectivity index (χ3n) is 5.28. The summed E-state index contributed by atoms with van der Waals surface area (Å²) in [5.74, 6) is -5.67. The van der Waals surface area contributed by atoms with E-state index in [0.717, 1.165) is 12.8 Å². The molecule has 0 radical (unpaired) electrons. The molecule has 0 spiro atoms. The van der Waals surface area contributed by atoms with Crippen molar-refractivity contribution in [3.63, 3.8) is 0 Å². The molecule has 0 fully saturated rings. The van der Waals surface area contributed by atoms with Gasteiger partial charge in [0.1, 0.15) is 0 Å². The fraction of sp³-hybridized carbons (Fsp3) is 0.833. The number of unbranched alkanes of at least 4 members (excludes halogenated alkanes) is 14. The van der Waals surface area contributed by atoms with Crippen LogP contribution < -0.4 is 88.7 Å². The molecule has 0 aliphatic carbocycles. The molecule has 204 valence electrons. The molecule has 37 heavy (non-hydrogen) atoms. The van der Waals surface area contributed by atoms with Gasteiger partial charge in [0.25, 0.3) is 0 Å². The molecular formula is C24H49CaNa3O9. The van der Waals surface area contributed by atoms with Crippen LogP contribution in [-0.4, -0.2) is 92.7 Å². The number of hydrogen-bond donors (Lipinski definition) is 5. The Hall–Kier alpha value is 2.10. The van der Waals surface area contributed by atoms with Crippen molar-refractivity contribution in [1.29, 1.82) is 0 Å². The third kappa shape index (κ3) is 40.3. The minimum atomic E-state index is -2.74. The van der Waals surface area contributed by atoms with Crippen LogP contribution in [0.15, 0.2) is 0 Å². The first-order valence-electron chi connectivity index (χ1n) is 12.2. The van der Waals surface area contributed by atoms with Gasteiger partial charge in [-0.2, -0.15) is 0 Å². The van der Waals surface area contributed by atoms with E-state index in [1.54, 1.807) is 0 Å². The van der Waals surface area contributed by atoms with E-state index in [9.17, 15) is 19.2 Å². The molecular weight excluding hydrogens is 541 g/mol. The molecule has 0 amide bonds. The second kappa shape index (κ2) is 36.1. The summed E-state index contributed by atoms with van der Waals surface area (Å²) >= 11 is 0. The Morgan fingerprint density at radius 2 is 0.811 bits per heavy atom. The summed E-state index contributed by atoms with van der Waals surface area (Å²) in [6, 6.07) is 0. The van der Waals surface area contributed by atoms with Gasteiger partial charge in [-0.3, -0.25) is 14.4 Å². The molecule has 13 heteroatoms. The van der Waals surface area contributed by atoms with Gasteiger partial charge >= 0.3 is 150 Å².